The molecule has 1 aromatic carbocycles. The van der Waals surface area contributed by atoms with E-state index in [9.17, 15) is 19.2 Å². The van der Waals surface area contributed by atoms with Crippen molar-refractivity contribution in [1.29, 1.82) is 0 Å². The molecule has 28 heavy (non-hydrogen) atoms. The van der Waals surface area contributed by atoms with E-state index in [0.717, 1.165) is 11.3 Å². The van der Waals surface area contributed by atoms with E-state index in [4.69, 9.17) is 9.47 Å². The maximum absolute atomic E-state index is 13.1. The second-order valence-electron chi connectivity index (χ2n) is 8.10. The Morgan fingerprint density at radius 3 is 2.18 bits per heavy atom. The lowest BCUT2D eigenvalue weighted by atomic mass is 9.78. The van der Waals surface area contributed by atoms with Crippen LogP contribution in [0.1, 0.15) is 67.7 Å². The maximum Gasteiger partial charge on any atom is 0.351 e. The highest BCUT2D eigenvalue weighted by atomic mass is 16.6. The number of esters is 2. The van der Waals surface area contributed by atoms with Gasteiger partial charge < -0.3 is 9.47 Å². The van der Waals surface area contributed by atoms with Crippen LogP contribution in [0.15, 0.2) is 24.3 Å². The molecule has 0 spiro atoms. The zero-order chi connectivity index (χ0) is 20.7. The molecule has 0 saturated carbocycles. The van der Waals surface area contributed by atoms with Gasteiger partial charge in [-0.1, -0.05) is 45.7 Å². The summed E-state index contributed by atoms with van der Waals surface area (Å²) in [5.41, 5.74) is -1.66. The fraction of sp³-hybridized carbons (Fsp3) is 0.524. The molecule has 2 aliphatic rings. The first-order chi connectivity index (χ1) is 13.1. The van der Waals surface area contributed by atoms with Crippen molar-refractivity contribution in [2.24, 2.45) is 5.41 Å². The fourth-order valence-corrected chi connectivity index (χ4v) is 3.49. The molecule has 2 aliphatic heterocycles. The summed E-state index contributed by atoms with van der Waals surface area (Å²) in [5, 5.41) is 0. The molecule has 1 fully saturated rings. The highest BCUT2D eigenvalue weighted by molar-refractivity contribution is 6.22. The fourth-order valence-electron chi connectivity index (χ4n) is 3.49. The molecule has 2 atom stereocenters. The van der Waals surface area contributed by atoms with Crippen LogP contribution in [0.5, 0.6) is 0 Å². The molecular weight excluding hydrogens is 362 g/mol. The summed E-state index contributed by atoms with van der Waals surface area (Å²) in [4.78, 5) is 52.0. The molecule has 0 unspecified atom stereocenters. The first kappa shape index (κ1) is 20.0. The van der Waals surface area contributed by atoms with Gasteiger partial charge in [-0.3, -0.25) is 14.5 Å². The van der Waals surface area contributed by atoms with E-state index in [-0.39, 0.29) is 24.2 Å². The SMILES string of the molecule is CCCC[C@@H](C(=O)O[C@]1(C)C(=O)OCC1(C)C)N1C(=O)c2ccccc2C1=O. The third kappa shape index (κ3) is 2.99. The number of hydrogen-bond donors (Lipinski definition) is 0. The Hall–Kier alpha value is -2.70. The summed E-state index contributed by atoms with van der Waals surface area (Å²) in [7, 11) is 0. The van der Waals surface area contributed by atoms with E-state index in [1.165, 1.54) is 6.92 Å². The van der Waals surface area contributed by atoms with Crippen molar-refractivity contribution in [2.75, 3.05) is 6.61 Å². The van der Waals surface area contributed by atoms with Gasteiger partial charge in [0.05, 0.1) is 11.1 Å². The van der Waals surface area contributed by atoms with Crippen LogP contribution in [0.3, 0.4) is 0 Å². The zero-order valence-electron chi connectivity index (χ0n) is 16.6. The van der Waals surface area contributed by atoms with Crippen molar-refractivity contribution in [3.8, 4) is 0 Å². The average molecular weight is 387 g/mol. The van der Waals surface area contributed by atoms with E-state index < -0.39 is 40.8 Å². The van der Waals surface area contributed by atoms with Gasteiger partial charge in [0, 0.05) is 5.41 Å². The smallest absolute Gasteiger partial charge is 0.351 e. The van der Waals surface area contributed by atoms with Crippen molar-refractivity contribution in [3.05, 3.63) is 35.4 Å². The van der Waals surface area contributed by atoms with Crippen molar-refractivity contribution >= 4 is 23.8 Å². The van der Waals surface area contributed by atoms with Gasteiger partial charge in [-0.15, -0.1) is 0 Å². The summed E-state index contributed by atoms with van der Waals surface area (Å²) in [6.45, 7) is 7.13. The summed E-state index contributed by atoms with van der Waals surface area (Å²) >= 11 is 0. The van der Waals surface area contributed by atoms with Crippen LogP contribution < -0.4 is 0 Å². The Labute approximate surface area is 164 Å². The van der Waals surface area contributed by atoms with Gasteiger partial charge in [-0.05, 0) is 25.5 Å². The van der Waals surface area contributed by atoms with Gasteiger partial charge in [0.15, 0.2) is 0 Å². The molecule has 0 N–H and O–H groups in total. The lowest BCUT2D eigenvalue weighted by molar-refractivity contribution is -0.180. The molecule has 0 bridgehead atoms. The van der Waals surface area contributed by atoms with E-state index in [1.807, 2.05) is 6.92 Å². The average Bonchev–Trinajstić information content (AvgIpc) is 3.02. The largest absolute Gasteiger partial charge is 0.462 e. The van der Waals surface area contributed by atoms with E-state index in [0.29, 0.717) is 6.42 Å². The van der Waals surface area contributed by atoms with Crippen LogP contribution >= 0.6 is 0 Å². The molecule has 150 valence electrons. The monoisotopic (exact) mass is 387 g/mol. The number of nitrogens with zero attached hydrogens (tertiary/aromatic N) is 1. The molecule has 2 heterocycles. The Balaban J connectivity index is 1.91. The Kier molecular flexibility index (Phi) is 5.04. The second-order valence-corrected chi connectivity index (χ2v) is 8.10. The second kappa shape index (κ2) is 7.04. The van der Waals surface area contributed by atoms with Gasteiger partial charge in [-0.2, -0.15) is 0 Å². The molecule has 0 aliphatic carbocycles. The van der Waals surface area contributed by atoms with Gasteiger partial charge in [0.1, 0.15) is 12.6 Å². The van der Waals surface area contributed by atoms with E-state index in [1.54, 1.807) is 38.1 Å². The number of rotatable bonds is 6. The summed E-state index contributed by atoms with van der Waals surface area (Å²) < 4.78 is 10.7. The quantitative estimate of drug-likeness (QED) is 0.551. The number of fused-ring (bicyclic) bond motifs is 1. The summed E-state index contributed by atoms with van der Waals surface area (Å²) in [5.74, 6) is -2.42. The maximum atomic E-state index is 13.1. The number of hydrogen-bond acceptors (Lipinski definition) is 6. The van der Waals surface area contributed by atoms with E-state index >= 15 is 0 Å². The minimum Gasteiger partial charge on any atom is -0.462 e. The van der Waals surface area contributed by atoms with Crippen LogP contribution in [0.25, 0.3) is 0 Å². The minimum atomic E-state index is -1.48. The Morgan fingerprint density at radius 1 is 1.14 bits per heavy atom. The molecular formula is C21H25NO6. The van der Waals surface area contributed by atoms with Gasteiger partial charge in [0.2, 0.25) is 5.60 Å². The van der Waals surface area contributed by atoms with Crippen LogP contribution in [0.4, 0.5) is 0 Å². The summed E-state index contributed by atoms with van der Waals surface area (Å²) in [6.07, 6.45) is 1.67. The molecule has 1 saturated heterocycles. The number of cyclic esters (lactones) is 1. The van der Waals surface area contributed by atoms with Gasteiger partial charge >= 0.3 is 11.9 Å². The first-order valence-corrected chi connectivity index (χ1v) is 9.51. The molecule has 2 amide bonds. The van der Waals surface area contributed by atoms with Crippen molar-refractivity contribution in [1.82, 2.24) is 4.90 Å². The highest BCUT2D eigenvalue weighted by Crippen LogP contribution is 2.41. The van der Waals surface area contributed by atoms with Crippen LogP contribution in [-0.2, 0) is 19.1 Å². The van der Waals surface area contributed by atoms with E-state index in [2.05, 4.69) is 0 Å². The number of carbonyl (C=O) groups is 4. The normalized spacial score (nSPS) is 24.1. The lowest BCUT2D eigenvalue weighted by Crippen LogP contribution is -2.53. The number of amides is 2. The zero-order valence-corrected chi connectivity index (χ0v) is 16.6. The molecule has 3 rings (SSSR count). The van der Waals surface area contributed by atoms with Crippen molar-refractivity contribution in [3.63, 3.8) is 0 Å². The highest BCUT2D eigenvalue weighted by Gasteiger charge is 2.59. The van der Waals surface area contributed by atoms with Crippen LogP contribution in [-0.4, -0.2) is 46.9 Å². The third-order valence-electron chi connectivity index (χ3n) is 5.79. The predicted octanol–water partition coefficient (Wildman–Crippen LogP) is 2.73. The molecule has 7 heteroatoms. The number of carbonyl (C=O) groups excluding carboxylic acids is 4. The van der Waals surface area contributed by atoms with Crippen LogP contribution in [0, 0.1) is 5.41 Å². The molecule has 0 aromatic heterocycles. The number of ether oxygens (including phenoxy) is 2. The third-order valence-corrected chi connectivity index (χ3v) is 5.79. The van der Waals surface area contributed by atoms with Gasteiger partial charge in [-0.25, -0.2) is 9.59 Å². The lowest BCUT2D eigenvalue weighted by Gasteiger charge is -2.35. The van der Waals surface area contributed by atoms with Crippen molar-refractivity contribution in [2.45, 2.75) is 58.6 Å². The summed E-state index contributed by atoms with van der Waals surface area (Å²) in [6, 6.07) is 5.39. The number of imide groups is 1. The standard InChI is InChI=1S/C21H25NO6/c1-5-6-11-15(18(25)28-21(4)19(26)27-12-20(21,2)3)22-16(23)13-9-7-8-10-14(13)17(22)24/h7-10,15H,5-6,11-12H2,1-4H3/t15-,21+/m0/s1. The Morgan fingerprint density at radius 2 is 1.71 bits per heavy atom. The number of benzene rings is 1. The topological polar surface area (TPSA) is 90.0 Å². The molecule has 7 nitrogen and oxygen atoms in total. The first-order valence-electron chi connectivity index (χ1n) is 9.51. The predicted molar refractivity (Wildman–Crippen MR) is 99.5 cm³/mol. The molecule has 1 aromatic rings. The minimum absolute atomic E-state index is 0.127. The van der Waals surface area contributed by atoms with Crippen molar-refractivity contribution < 1.29 is 28.7 Å². The van der Waals surface area contributed by atoms with Crippen LogP contribution in [0.2, 0.25) is 0 Å². The van der Waals surface area contributed by atoms with Gasteiger partial charge in [0.25, 0.3) is 11.8 Å². The Bertz CT molecular complexity index is 810. The number of unbranched alkanes of at least 4 members (excludes halogenated alkanes) is 1. The molecule has 0 radical (unpaired) electrons.